The summed E-state index contributed by atoms with van der Waals surface area (Å²) >= 11 is 0. The summed E-state index contributed by atoms with van der Waals surface area (Å²) in [5.74, 6) is 5.96. The highest BCUT2D eigenvalue weighted by molar-refractivity contribution is 5.24. The second-order valence-electron chi connectivity index (χ2n) is 2.85. The van der Waals surface area contributed by atoms with Gasteiger partial charge in [0, 0.05) is 23.9 Å². The lowest BCUT2D eigenvalue weighted by molar-refractivity contribution is 0.125. The third-order valence-electron chi connectivity index (χ3n) is 1.84. The SMILES string of the molecule is COc1ccnc(C(C)CON)c1. The second kappa shape index (κ2) is 4.79. The van der Waals surface area contributed by atoms with Crippen molar-refractivity contribution in [3.63, 3.8) is 0 Å². The molecule has 1 unspecified atom stereocenters. The van der Waals surface area contributed by atoms with Crippen LogP contribution < -0.4 is 10.6 Å². The van der Waals surface area contributed by atoms with Crippen LogP contribution in [0.5, 0.6) is 5.75 Å². The van der Waals surface area contributed by atoms with Crippen molar-refractivity contribution in [2.75, 3.05) is 13.7 Å². The molecule has 1 aromatic rings. The maximum atomic E-state index is 5.07. The largest absolute Gasteiger partial charge is 0.497 e. The summed E-state index contributed by atoms with van der Waals surface area (Å²) in [7, 11) is 1.63. The van der Waals surface area contributed by atoms with E-state index in [4.69, 9.17) is 10.6 Å². The zero-order valence-corrected chi connectivity index (χ0v) is 7.86. The number of pyridine rings is 1. The van der Waals surface area contributed by atoms with Crippen molar-refractivity contribution < 1.29 is 9.57 Å². The van der Waals surface area contributed by atoms with E-state index in [2.05, 4.69) is 9.82 Å². The Labute approximate surface area is 77.6 Å². The molecule has 72 valence electrons. The Morgan fingerprint density at radius 2 is 2.38 bits per heavy atom. The fourth-order valence-corrected chi connectivity index (χ4v) is 1.05. The normalized spacial score (nSPS) is 12.5. The molecule has 0 bridgehead atoms. The maximum Gasteiger partial charge on any atom is 0.122 e. The molecule has 1 rings (SSSR count). The van der Waals surface area contributed by atoms with Gasteiger partial charge in [-0.3, -0.25) is 4.98 Å². The van der Waals surface area contributed by atoms with Crippen LogP contribution in [-0.4, -0.2) is 18.7 Å². The van der Waals surface area contributed by atoms with Crippen molar-refractivity contribution >= 4 is 0 Å². The molecule has 4 heteroatoms. The van der Waals surface area contributed by atoms with E-state index < -0.39 is 0 Å². The molecule has 0 amide bonds. The summed E-state index contributed by atoms with van der Waals surface area (Å²) in [5.41, 5.74) is 0.921. The lowest BCUT2D eigenvalue weighted by Gasteiger charge is -2.09. The molecule has 0 aliphatic rings. The Balaban J connectivity index is 2.75. The quantitative estimate of drug-likeness (QED) is 0.708. The average Bonchev–Trinajstić information content (AvgIpc) is 2.18. The van der Waals surface area contributed by atoms with Gasteiger partial charge in [0.05, 0.1) is 13.7 Å². The monoisotopic (exact) mass is 182 g/mol. The number of ether oxygens (including phenoxy) is 1. The smallest absolute Gasteiger partial charge is 0.122 e. The van der Waals surface area contributed by atoms with Crippen LogP contribution in [0.4, 0.5) is 0 Å². The van der Waals surface area contributed by atoms with Gasteiger partial charge in [0.1, 0.15) is 5.75 Å². The van der Waals surface area contributed by atoms with Crippen molar-refractivity contribution in [1.82, 2.24) is 4.98 Å². The van der Waals surface area contributed by atoms with Crippen molar-refractivity contribution in [3.05, 3.63) is 24.0 Å². The van der Waals surface area contributed by atoms with Gasteiger partial charge in [-0.1, -0.05) is 6.92 Å². The highest BCUT2D eigenvalue weighted by Crippen LogP contribution is 2.17. The molecule has 1 aromatic heterocycles. The molecule has 0 saturated heterocycles. The molecule has 1 heterocycles. The minimum atomic E-state index is 0.181. The van der Waals surface area contributed by atoms with Crippen LogP contribution in [0.1, 0.15) is 18.5 Å². The van der Waals surface area contributed by atoms with Crippen LogP contribution in [0.2, 0.25) is 0 Å². The van der Waals surface area contributed by atoms with Crippen molar-refractivity contribution in [1.29, 1.82) is 0 Å². The number of hydrogen-bond donors (Lipinski definition) is 1. The van der Waals surface area contributed by atoms with E-state index in [1.165, 1.54) is 0 Å². The Morgan fingerprint density at radius 1 is 1.62 bits per heavy atom. The topological polar surface area (TPSA) is 57.4 Å². The third kappa shape index (κ3) is 2.68. The van der Waals surface area contributed by atoms with Gasteiger partial charge < -0.3 is 9.57 Å². The summed E-state index contributed by atoms with van der Waals surface area (Å²) in [4.78, 5) is 8.74. The second-order valence-corrected chi connectivity index (χ2v) is 2.85. The average molecular weight is 182 g/mol. The molecule has 0 radical (unpaired) electrons. The molecule has 0 fully saturated rings. The van der Waals surface area contributed by atoms with Crippen molar-refractivity contribution in [2.45, 2.75) is 12.8 Å². The number of aromatic nitrogens is 1. The highest BCUT2D eigenvalue weighted by atomic mass is 16.6. The van der Waals surface area contributed by atoms with Gasteiger partial charge in [-0.2, -0.15) is 0 Å². The summed E-state index contributed by atoms with van der Waals surface area (Å²) in [6.07, 6.45) is 1.71. The van der Waals surface area contributed by atoms with Crippen LogP contribution in [0.25, 0.3) is 0 Å². The first-order chi connectivity index (χ1) is 6.27. The third-order valence-corrected chi connectivity index (χ3v) is 1.84. The predicted octanol–water partition coefficient (Wildman–Crippen LogP) is 1.08. The maximum absolute atomic E-state index is 5.07. The molecule has 4 nitrogen and oxygen atoms in total. The Hall–Kier alpha value is -1.13. The van der Waals surface area contributed by atoms with E-state index in [0.717, 1.165) is 11.4 Å². The van der Waals surface area contributed by atoms with Crippen molar-refractivity contribution in [3.8, 4) is 5.75 Å². The van der Waals surface area contributed by atoms with Gasteiger partial charge in [-0.05, 0) is 6.07 Å². The molecule has 0 saturated carbocycles. The van der Waals surface area contributed by atoms with Gasteiger partial charge in [0.2, 0.25) is 0 Å². The Morgan fingerprint density at radius 3 is 3.00 bits per heavy atom. The molecular formula is C9H14N2O2. The minimum absolute atomic E-state index is 0.181. The summed E-state index contributed by atoms with van der Waals surface area (Å²) in [6, 6.07) is 3.68. The van der Waals surface area contributed by atoms with Gasteiger partial charge in [0.15, 0.2) is 0 Å². The lowest BCUT2D eigenvalue weighted by Crippen LogP contribution is -2.09. The number of methoxy groups -OCH3 is 1. The molecule has 0 aliphatic carbocycles. The molecule has 0 aromatic carbocycles. The van der Waals surface area contributed by atoms with Gasteiger partial charge >= 0.3 is 0 Å². The van der Waals surface area contributed by atoms with E-state index in [1.807, 2.05) is 13.0 Å². The first-order valence-electron chi connectivity index (χ1n) is 4.09. The van der Waals surface area contributed by atoms with Gasteiger partial charge in [0.25, 0.3) is 0 Å². The molecule has 13 heavy (non-hydrogen) atoms. The number of nitrogens with two attached hydrogens (primary N) is 1. The summed E-state index contributed by atoms with van der Waals surface area (Å²) in [5, 5.41) is 0. The molecular weight excluding hydrogens is 168 g/mol. The number of hydrogen-bond acceptors (Lipinski definition) is 4. The first-order valence-corrected chi connectivity index (χ1v) is 4.09. The van der Waals surface area contributed by atoms with Crippen LogP contribution in [0.15, 0.2) is 18.3 Å². The van der Waals surface area contributed by atoms with E-state index in [-0.39, 0.29) is 5.92 Å². The summed E-state index contributed by atoms with van der Waals surface area (Å²) in [6.45, 7) is 2.45. The lowest BCUT2D eigenvalue weighted by atomic mass is 10.1. The molecule has 0 spiro atoms. The van der Waals surface area contributed by atoms with Crippen LogP contribution in [0, 0.1) is 0 Å². The molecule has 2 N–H and O–H groups in total. The minimum Gasteiger partial charge on any atom is -0.497 e. The summed E-state index contributed by atoms with van der Waals surface area (Å²) < 4.78 is 5.07. The van der Waals surface area contributed by atoms with Crippen LogP contribution >= 0.6 is 0 Å². The zero-order valence-electron chi connectivity index (χ0n) is 7.86. The number of rotatable bonds is 4. The predicted molar refractivity (Wildman–Crippen MR) is 49.3 cm³/mol. The fraction of sp³-hybridized carbons (Fsp3) is 0.444. The molecule has 0 aliphatic heterocycles. The highest BCUT2D eigenvalue weighted by Gasteiger charge is 2.07. The van der Waals surface area contributed by atoms with E-state index in [0.29, 0.717) is 6.61 Å². The van der Waals surface area contributed by atoms with E-state index in [1.54, 1.807) is 19.4 Å². The Kier molecular flexibility index (Phi) is 3.67. The molecule has 1 atom stereocenters. The Bertz CT molecular complexity index is 266. The first kappa shape index (κ1) is 9.95. The zero-order chi connectivity index (χ0) is 9.68. The van der Waals surface area contributed by atoms with Crippen molar-refractivity contribution in [2.24, 2.45) is 5.90 Å². The van der Waals surface area contributed by atoms with E-state index >= 15 is 0 Å². The standard InChI is InChI=1S/C9H14N2O2/c1-7(6-13-10)9-5-8(12-2)3-4-11-9/h3-5,7H,6,10H2,1-2H3. The van der Waals surface area contributed by atoms with E-state index in [9.17, 15) is 0 Å². The fourth-order valence-electron chi connectivity index (χ4n) is 1.05. The van der Waals surface area contributed by atoms with Crippen LogP contribution in [0.3, 0.4) is 0 Å². The number of nitrogens with zero attached hydrogens (tertiary/aromatic N) is 1. The van der Waals surface area contributed by atoms with Gasteiger partial charge in [-0.15, -0.1) is 0 Å². The van der Waals surface area contributed by atoms with Crippen LogP contribution in [-0.2, 0) is 4.84 Å². The van der Waals surface area contributed by atoms with Gasteiger partial charge in [-0.25, -0.2) is 5.90 Å².